The summed E-state index contributed by atoms with van der Waals surface area (Å²) < 4.78 is 5.13. The van der Waals surface area contributed by atoms with Crippen molar-refractivity contribution in [1.82, 2.24) is 0 Å². The van der Waals surface area contributed by atoms with Crippen LogP contribution in [0, 0.1) is 0 Å². The van der Waals surface area contributed by atoms with Gasteiger partial charge in [-0.05, 0) is 36.2 Å². The van der Waals surface area contributed by atoms with Crippen molar-refractivity contribution < 1.29 is 9.53 Å². The van der Waals surface area contributed by atoms with Gasteiger partial charge in [-0.15, -0.1) is 0 Å². The number of nitrogens with zero attached hydrogens (tertiary/aromatic N) is 1. The van der Waals surface area contributed by atoms with Crippen molar-refractivity contribution in [3.63, 3.8) is 0 Å². The monoisotopic (exact) mass is 295 g/mol. The third-order valence-corrected chi connectivity index (χ3v) is 3.44. The van der Waals surface area contributed by atoms with Crippen molar-refractivity contribution in [2.75, 3.05) is 7.11 Å². The van der Waals surface area contributed by atoms with Gasteiger partial charge in [0.2, 0.25) is 0 Å². The Balaban J connectivity index is 2.13. The number of aliphatic imine (C=N–C) groups is 1. The Kier molecular flexibility index (Phi) is 5.90. The lowest BCUT2D eigenvalue weighted by atomic mass is 10.0. The molecular formula is C19H21NO2. The highest BCUT2D eigenvalue weighted by molar-refractivity contribution is 6.01. The van der Waals surface area contributed by atoms with Gasteiger partial charge >= 0.3 is 0 Å². The molecule has 0 aromatic heterocycles. The third kappa shape index (κ3) is 4.29. The molecule has 0 aliphatic rings. The maximum Gasteiger partial charge on any atom is 0.187 e. The van der Waals surface area contributed by atoms with E-state index < -0.39 is 0 Å². The summed E-state index contributed by atoms with van der Waals surface area (Å²) in [7, 11) is 1.64. The van der Waals surface area contributed by atoms with Gasteiger partial charge in [-0.1, -0.05) is 43.7 Å². The van der Waals surface area contributed by atoms with E-state index in [-0.39, 0.29) is 11.8 Å². The van der Waals surface area contributed by atoms with Crippen molar-refractivity contribution in [2.45, 2.75) is 25.8 Å². The maximum atomic E-state index is 12.5. The van der Waals surface area contributed by atoms with E-state index in [1.807, 2.05) is 54.6 Å². The standard InChI is InChI=1S/C19H21NO2/c1-3-7-18(19(21)16-8-5-4-6-9-16)20-14-15-10-12-17(22-2)13-11-15/h4-6,8-14,18H,3,7H2,1-2H3. The molecule has 0 N–H and O–H groups in total. The van der Waals surface area contributed by atoms with Gasteiger partial charge in [0, 0.05) is 11.8 Å². The second-order valence-corrected chi connectivity index (χ2v) is 5.09. The molecule has 2 aromatic rings. The average Bonchev–Trinajstić information content (AvgIpc) is 2.59. The summed E-state index contributed by atoms with van der Waals surface area (Å²) in [6.07, 6.45) is 3.43. The summed E-state index contributed by atoms with van der Waals surface area (Å²) in [6.45, 7) is 2.06. The Morgan fingerprint density at radius 2 is 1.82 bits per heavy atom. The van der Waals surface area contributed by atoms with Crippen LogP contribution in [0.4, 0.5) is 0 Å². The molecular weight excluding hydrogens is 274 g/mol. The van der Waals surface area contributed by atoms with E-state index in [0.717, 1.165) is 24.2 Å². The second-order valence-electron chi connectivity index (χ2n) is 5.09. The van der Waals surface area contributed by atoms with Crippen LogP contribution in [0.15, 0.2) is 59.6 Å². The van der Waals surface area contributed by atoms with Crippen LogP contribution in [0.25, 0.3) is 0 Å². The number of hydrogen-bond acceptors (Lipinski definition) is 3. The van der Waals surface area contributed by atoms with E-state index in [1.54, 1.807) is 13.3 Å². The lowest BCUT2D eigenvalue weighted by Crippen LogP contribution is -2.19. The fourth-order valence-corrected chi connectivity index (χ4v) is 2.21. The van der Waals surface area contributed by atoms with Crippen molar-refractivity contribution in [3.8, 4) is 5.75 Å². The zero-order valence-corrected chi connectivity index (χ0v) is 13.0. The molecule has 0 saturated carbocycles. The molecule has 1 unspecified atom stereocenters. The number of ketones is 1. The van der Waals surface area contributed by atoms with Crippen LogP contribution in [0.1, 0.15) is 35.7 Å². The number of hydrogen-bond donors (Lipinski definition) is 0. The van der Waals surface area contributed by atoms with Crippen LogP contribution in [0.2, 0.25) is 0 Å². The Hall–Kier alpha value is -2.42. The van der Waals surface area contributed by atoms with E-state index in [9.17, 15) is 4.79 Å². The first kappa shape index (κ1) is 16.0. The van der Waals surface area contributed by atoms with Gasteiger partial charge in [-0.2, -0.15) is 0 Å². The van der Waals surface area contributed by atoms with Crippen molar-refractivity contribution >= 4 is 12.0 Å². The molecule has 0 aliphatic heterocycles. The summed E-state index contributed by atoms with van der Waals surface area (Å²) in [5, 5.41) is 0. The molecule has 2 rings (SSSR count). The summed E-state index contributed by atoms with van der Waals surface area (Å²) in [4.78, 5) is 17.0. The molecule has 0 fully saturated rings. The molecule has 0 bridgehead atoms. The van der Waals surface area contributed by atoms with Crippen molar-refractivity contribution in [2.24, 2.45) is 4.99 Å². The first-order chi connectivity index (χ1) is 10.7. The molecule has 0 spiro atoms. The smallest absolute Gasteiger partial charge is 0.187 e. The van der Waals surface area contributed by atoms with E-state index >= 15 is 0 Å². The summed E-state index contributed by atoms with van der Waals surface area (Å²) in [5.41, 5.74) is 1.68. The van der Waals surface area contributed by atoms with Crippen LogP contribution in [0.5, 0.6) is 5.75 Å². The maximum absolute atomic E-state index is 12.5. The lowest BCUT2D eigenvalue weighted by Gasteiger charge is -2.10. The molecule has 0 amide bonds. The molecule has 0 radical (unpaired) electrons. The first-order valence-electron chi connectivity index (χ1n) is 7.51. The normalized spacial score (nSPS) is 12.3. The molecule has 0 aliphatic carbocycles. The zero-order chi connectivity index (χ0) is 15.8. The van der Waals surface area contributed by atoms with E-state index in [1.165, 1.54) is 0 Å². The van der Waals surface area contributed by atoms with Crippen molar-refractivity contribution in [3.05, 3.63) is 65.7 Å². The van der Waals surface area contributed by atoms with Gasteiger partial charge in [0.1, 0.15) is 11.8 Å². The van der Waals surface area contributed by atoms with Gasteiger partial charge in [0.25, 0.3) is 0 Å². The molecule has 3 heteroatoms. The predicted molar refractivity (Wildman–Crippen MR) is 90.1 cm³/mol. The molecule has 22 heavy (non-hydrogen) atoms. The van der Waals surface area contributed by atoms with Gasteiger partial charge in [0.05, 0.1) is 7.11 Å². The SMILES string of the molecule is CCCC(N=Cc1ccc(OC)cc1)C(=O)c1ccccc1. The van der Waals surface area contributed by atoms with Crippen LogP contribution < -0.4 is 4.74 Å². The second kappa shape index (κ2) is 8.13. The number of carbonyl (C=O) groups is 1. The van der Waals surface area contributed by atoms with Crippen LogP contribution in [-0.2, 0) is 0 Å². The number of benzene rings is 2. The summed E-state index contributed by atoms with van der Waals surface area (Å²) >= 11 is 0. The lowest BCUT2D eigenvalue weighted by molar-refractivity contribution is 0.0958. The fraction of sp³-hybridized carbons (Fsp3) is 0.263. The highest BCUT2D eigenvalue weighted by Gasteiger charge is 2.17. The van der Waals surface area contributed by atoms with E-state index in [2.05, 4.69) is 11.9 Å². The molecule has 0 heterocycles. The van der Waals surface area contributed by atoms with Crippen LogP contribution in [0.3, 0.4) is 0 Å². The predicted octanol–water partition coefficient (Wildman–Crippen LogP) is 4.17. The quantitative estimate of drug-likeness (QED) is 0.568. The average molecular weight is 295 g/mol. The Morgan fingerprint density at radius 1 is 1.14 bits per heavy atom. The number of rotatable bonds is 7. The van der Waals surface area contributed by atoms with Gasteiger partial charge < -0.3 is 4.74 Å². The Bertz CT molecular complexity index is 618. The number of ether oxygens (including phenoxy) is 1. The molecule has 1 atom stereocenters. The van der Waals surface area contributed by atoms with Gasteiger partial charge in [-0.3, -0.25) is 9.79 Å². The Labute approximate surface area is 131 Å². The molecule has 2 aromatic carbocycles. The molecule has 3 nitrogen and oxygen atoms in total. The molecule has 114 valence electrons. The van der Waals surface area contributed by atoms with Crippen LogP contribution in [-0.4, -0.2) is 25.1 Å². The minimum absolute atomic E-state index is 0.0761. The van der Waals surface area contributed by atoms with Gasteiger partial charge in [-0.25, -0.2) is 0 Å². The highest BCUT2D eigenvalue weighted by Crippen LogP contribution is 2.13. The number of carbonyl (C=O) groups excluding carboxylic acids is 1. The van der Waals surface area contributed by atoms with E-state index in [4.69, 9.17) is 4.74 Å². The fourth-order valence-electron chi connectivity index (χ4n) is 2.21. The van der Waals surface area contributed by atoms with Gasteiger partial charge in [0.15, 0.2) is 5.78 Å². The zero-order valence-electron chi connectivity index (χ0n) is 13.0. The van der Waals surface area contributed by atoms with E-state index in [0.29, 0.717) is 5.56 Å². The Morgan fingerprint density at radius 3 is 2.41 bits per heavy atom. The summed E-state index contributed by atoms with van der Waals surface area (Å²) in [6, 6.07) is 16.6. The molecule has 0 saturated heterocycles. The third-order valence-electron chi connectivity index (χ3n) is 3.44. The number of methoxy groups -OCH3 is 1. The minimum Gasteiger partial charge on any atom is -0.497 e. The minimum atomic E-state index is -0.325. The number of Topliss-reactive ketones (excluding diaryl/α,β-unsaturated/α-hetero) is 1. The summed E-state index contributed by atoms with van der Waals surface area (Å²) in [5.74, 6) is 0.884. The van der Waals surface area contributed by atoms with Crippen molar-refractivity contribution in [1.29, 1.82) is 0 Å². The van der Waals surface area contributed by atoms with Crippen LogP contribution >= 0.6 is 0 Å². The topological polar surface area (TPSA) is 38.7 Å². The highest BCUT2D eigenvalue weighted by atomic mass is 16.5. The first-order valence-corrected chi connectivity index (χ1v) is 7.51. The largest absolute Gasteiger partial charge is 0.497 e.